The van der Waals surface area contributed by atoms with Crippen LogP contribution in [0.2, 0.25) is 0 Å². The molecule has 0 spiro atoms. The number of aliphatic hydroxyl groups excluding tert-OH is 1. The summed E-state index contributed by atoms with van der Waals surface area (Å²) in [6.45, 7) is 0. The smallest absolute Gasteiger partial charge is 0.223 e. The zero-order chi connectivity index (χ0) is 16.5. The van der Waals surface area contributed by atoms with Crippen LogP contribution in [0, 0.1) is 5.82 Å². The number of benzene rings is 1. The summed E-state index contributed by atoms with van der Waals surface area (Å²) in [5.74, 6) is 0.325. The van der Waals surface area contributed by atoms with Crippen molar-refractivity contribution in [3.05, 3.63) is 42.5 Å². The highest BCUT2D eigenvalue weighted by molar-refractivity contribution is 5.94. The van der Waals surface area contributed by atoms with Crippen LogP contribution >= 0.6 is 0 Å². The summed E-state index contributed by atoms with van der Waals surface area (Å²) in [6, 6.07) is 6.83. The Morgan fingerprint density at radius 3 is 2.83 bits per heavy atom. The summed E-state index contributed by atoms with van der Waals surface area (Å²) in [5, 5.41) is 13.9. The molecule has 0 unspecified atom stereocenters. The lowest BCUT2D eigenvalue weighted by Crippen LogP contribution is -2.28. The third kappa shape index (κ3) is 2.97. The Labute approximate surface area is 139 Å². The molecule has 1 fully saturated rings. The molecule has 0 atom stereocenters. The average Bonchev–Trinajstić information content (AvgIpc) is 3.00. The lowest BCUT2D eigenvalue weighted by molar-refractivity contribution is 0.126. The SMILES string of the molecule is OC1CCC(Nc2nccc(-c3c[nH]c4cc(F)ccc34)n2)CC1. The van der Waals surface area contributed by atoms with Crippen LogP contribution in [0.1, 0.15) is 25.7 Å². The summed E-state index contributed by atoms with van der Waals surface area (Å²) in [7, 11) is 0. The van der Waals surface area contributed by atoms with Crippen molar-refractivity contribution in [2.75, 3.05) is 5.32 Å². The van der Waals surface area contributed by atoms with E-state index in [0.717, 1.165) is 47.8 Å². The molecule has 0 saturated heterocycles. The molecule has 5 nitrogen and oxygen atoms in total. The van der Waals surface area contributed by atoms with Crippen LogP contribution in [0.15, 0.2) is 36.7 Å². The van der Waals surface area contributed by atoms with Crippen molar-refractivity contribution in [2.45, 2.75) is 37.8 Å². The average molecular weight is 326 g/mol. The second-order valence-electron chi connectivity index (χ2n) is 6.31. The van der Waals surface area contributed by atoms with E-state index in [1.807, 2.05) is 12.3 Å². The first-order chi connectivity index (χ1) is 11.7. The molecule has 24 heavy (non-hydrogen) atoms. The molecule has 1 aliphatic rings. The minimum absolute atomic E-state index is 0.179. The quantitative estimate of drug-likeness (QED) is 0.689. The van der Waals surface area contributed by atoms with Gasteiger partial charge < -0.3 is 15.4 Å². The third-order valence-electron chi connectivity index (χ3n) is 4.61. The van der Waals surface area contributed by atoms with Crippen LogP contribution < -0.4 is 5.32 Å². The van der Waals surface area contributed by atoms with Gasteiger partial charge in [-0.1, -0.05) is 0 Å². The molecule has 0 amide bonds. The van der Waals surface area contributed by atoms with Crippen molar-refractivity contribution in [3.63, 3.8) is 0 Å². The van der Waals surface area contributed by atoms with Crippen LogP contribution in [-0.4, -0.2) is 32.2 Å². The first-order valence-corrected chi connectivity index (χ1v) is 8.24. The number of aromatic nitrogens is 3. The summed E-state index contributed by atoms with van der Waals surface area (Å²) in [6.07, 6.45) is 6.85. The molecule has 4 rings (SSSR count). The first-order valence-electron chi connectivity index (χ1n) is 8.24. The van der Waals surface area contributed by atoms with E-state index in [1.165, 1.54) is 12.1 Å². The van der Waals surface area contributed by atoms with Crippen molar-refractivity contribution in [3.8, 4) is 11.3 Å². The molecule has 0 aliphatic heterocycles. The van der Waals surface area contributed by atoms with Crippen LogP contribution in [0.4, 0.5) is 10.3 Å². The van der Waals surface area contributed by atoms with Gasteiger partial charge in [0, 0.05) is 34.9 Å². The molecular weight excluding hydrogens is 307 g/mol. The van der Waals surface area contributed by atoms with E-state index in [0.29, 0.717) is 12.0 Å². The standard InChI is InChI=1S/C18H19FN4O/c19-11-1-6-14-15(10-21-17(14)9-11)16-7-8-20-18(23-16)22-12-2-4-13(24)5-3-12/h1,6-10,12-13,21,24H,2-5H2,(H,20,22,23). The van der Waals surface area contributed by atoms with Gasteiger partial charge in [-0.3, -0.25) is 0 Å². The van der Waals surface area contributed by atoms with E-state index < -0.39 is 0 Å². The Hall–Kier alpha value is -2.47. The van der Waals surface area contributed by atoms with Crippen LogP contribution in [0.25, 0.3) is 22.2 Å². The molecular formula is C18H19FN4O. The van der Waals surface area contributed by atoms with E-state index in [9.17, 15) is 9.50 Å². The number of nitrogens with one attached hydrogen (secondary N) is 2. The second-order valence-corrected chi connectivity index (χ2v) is 6.31. The number of aliphatic hydroxyl groups is 1. The lowest BCUT2D eigenvalue weighted by atomic mass is 9.93. The third-order valence-corrected chi connectivity index (χ3v) is 4.61. The number of nitrogens with zero attached hydrogens (tertiary/aromatic N) is 2. The molecule has 6 heteroatoms. The number of anilines is 1. The number of rotatable bonds is 3. The summed E-state index contributed by atoms with van der Waals surface area (Å²) in [4.78, 5) is 12.0. The normalized spacial score (nSPS) is 21.1. The predicted molar refractivity (Wildman–Crippen MR) is 91.2 cm³/mol. The summed E-state index contributed by atoms with van der Waals surface area (Å²) >= 11 is 0. The van der Waals surface area contributed by atoms with E-state index >= 15 is 0 Å². The Kier molecular flexibility index (Phi) is 3.90. The van der Waals surface area contributed by atoms with Gasteiger partial charge in [0.25, 0.3) is 0 Å². The van der Waals surface area contributed by atoms with Gasteiger partial charge in [-0.05, 0) is 49.9 Å². The lowest BCUT2D eigenvalue weighted by Gasteiger charge is -2.26. The van der Waals surface area contributed by atoms with E-state index in [-0.39, 0.29) is 11.9 Å². The number of halogens is 1. The maximum absolute atomic E-state index is 13.3. The van der Waals surface area contributed by atoms with E-state index in [4.69, 9.17) is 0 Å². The molecule has 0 radical (unpaired) electrons. The van der Waals surface area contributed by atoms with E-state index in [2.05, 4.69) is 20.3 Å². The molecule has 2 heterocycles. The highest BCUT2D eigenvalue weighted by atomic mass is 19.1. The minimum Gasteiger partial charge on any atom is -0.393 e. The first kappa shape index (κ1) is 15.1. The van der Waals surface area contributed by atoms with Gasteiger partial charge in [0.15, 0.2) is 0 Å². The van der Waals surface area contributed by atoms with E-state index in [1.54, 1.807) is 12.3 Å². The number of H-pyrrole nitrogens is 1. The molecule has 3 N–H and O–H groups in total. The molecule has 124 valence electrons. The number of aromatic amines is 1. The zero-order valence-corrected chi connectivity index (χ0v) is 13.2. The highest BCUT2D eigenvalue weighted by Gasteiger charge is 2.20. The maximum Gasteiger partial charge on any atom is 0.223 e. The van der Waals surface area contributed by atoms with Gasteiger partial charge in [0.1, 0.15) is 5.82 Å². The Morgan fingerprint density at radius 2 is 2.00 bits per heavy atom. The fourth-order valence-corrected chi connectivity index (χ4v) is 3.29. The van der Waals surface area contributed by atoms with Gasteiger partial charge in [0.2, 0.25) is 5.95 Å². The van der Waals surface area contributed by atoms with Crippen molar-refractivity contribution in [1.82, 2.24) is 15.0 Å². The largest absolute Gasteiger partial charge is 0.393 e. The molecule has 3 aromatic rings. The monoisotopic (exact) mass is 326 g/mol. The van der Waals surface area contributed by atoms with Crippen LogP contribution in [0.5, 0.6) is 0 Å². The number of hydrogen-bond acceptors (Lipinski definition) is 4. The van der Waals surface area contributed by atoms with Gasteiger partial charge in [0.05, 0.1) is 11.8 Å². The highest BCUT2D eigenvalue weighted by Crippen LogP contribution is 2.28. The molecule has 0 bridgehead atoms. The van der Waals surface area contributed by atoms with Gasteiger partial charge >= 0.3 is 0 Å². The minimum atomic E-state index is -0.263. The fraction of sp³-hybridized carbons (Fsp3) is 0.333. The Balaban J connectivity index is 1.60. The van der Waals surface area contributed by atoms with Crippen molar-refractivity contribution < 1.29 is 9.50 Å². The molecule has 1 aliphatic carbocycles. The second kappa shape index (κ2) is 6.20. The Morgan fingerprint density at radius 1 is 1.17 bits per heavy atom. The molecule has 1 saturated carbocycles. The summed E-state index contributed by atoms with van der Waals surface area (Å²) < 4.78 is 13.3. The van der Waals surface area contributed by atoms with Gasteiger partial charge in [-0.25, -0.2) is 14.4 Å². The Bertz CT molecular complexity index is 855. The van der Waals surface area contributed by atoms with Gasteiger partial charge in [-0.15, -0.1) is 0 Å². The zero-order valence-electron chi connectivity index (χ0n) is 13.2. The molecule has 1 aromatic carbocycles. The van der Waals surface area contributed by atoms with Crippen molar-refractivity contribution in [2.24, 2.45) is 0 Å². The van der Waals surface area contributed by atoms with Crippen molar-refractivity contribution >= 4 is 16.9 Å². The molecule has 2 aromatic heterocycles. The van der Waals surface area contributed by atoms with Crippen LogP contribution in [0.3, 0.4) is 0 Å². The number of fused-ring (bicyclic) bond motifs is 1. The van der Waals surface area contributed by atoms with Crippen LogP contribution in [-0.2, 0) is 0 Å². The summed E-state index contributed by atoms with van der Waals surface area (Å²) in [5.41, 5.74) is 2.47. The van der Waals surface area contributed by atoms with Gasteiger partial charge in [-0.2, -0.15) is 0 Å². The predicted octanol–water partition coefficient (Wildman–Crippen LogP) is 3.48. The fourth-order valence-electron chi connectivity index (χ4n) is 3.29. The number of hydrogen-bond donors (Lipinski definition) is 3. The maximum atomic E-state index is 13.3. The van der Waals surface area contributed by atoms with Crippen molar-refractivity contribution in [1.29, 1.82) is 0 Å². The topological polar surface area (TPSA) is 73.8 Å².